The first-order chi connectivity index (χ1) is 13.2. The van der Waals surface area contributed by atoms with Crippen molar-refractivity contribution in [3.63, 3.8) is 0 Å². The minimum absolute atomic E-state index is 0.155. The Hall–Kier alpha value is -3.20. The molecule has 0 radical (unpaired) electrons. The van der Waals surface area contributed by atoms with Crippen molar-refractivity contribution in [3.05, 3.63) is 66.1 Å². The summed E-state index contributed by atoms with van der Waals surface area (Å²) in [5.74, 6) is -1.72. The van der Waals surface area contributed by atoms with E-state index >= 15 is 0 Å². The normalized spacial score (nSPS) is 11.4. The molecule has 0 fully saturated rings. The predicted octanol–water partition coefficient (Wildman–Crippen LogP) is 2.67. The smallest absolute Gasteiger partial charge is 0.340 e. The molecule has 0 aliphatic rings. The average Bonchev–Trinajstić information content (AvgIpc) is 3.05. The Bertz CT molecular complexity index is 1150. The van der Waals surface area contributed by atoms with E-state index in [1.807, 2.05) is 0 Å². The van der Waals surface area contributed by atoms with Crippen molar-refractivity contribution < 1.29 is 27.1 Å². The summed E-state index contributed by atoms with van der Waals surface area (Å²) in [6.07, 6.45) is 2.28. The summed E-state index contributed by atoms with van der Waals surface area (Å²) < 4.78 is 44.4. The van der Waals surface area contributed by atoms with Crippen LogP contribution in [0.3, 0.4) is 0 Å². The van der Waals surface area contributed by atoms with Crippen LogP contribution in [0.25, 0.3) is 10.9 Å². The van der Waals surface area contributed by atoms with Crippen LogP contribution in [0, 0.1) is 5.82 Å². The second kappa shape index (κ2) is 7.43. The maximum absolute atomic E-state index is 13.2. The zero-order valence-electron chi connectivity index (χ0n) is 15.1. The number of halogens is 1. The maximum atomic E-state index is 13.2. The second-order valence-electron chi connectivity index (χ2n) is 6.06. The van der Waals surface area contributed by atoms with Crippen LogP contribution < -0.4 is 4.31 Å². The number of hydrogen-bond acceptors (Lipinski definition) is 5. The van der Waals surface area contributed by atoms with Crippen LogP contribution in [0.1, 0.15) is 15.2 Å². The lowest BCUT2D eigenvalue weighted by molar-refractivity contribution is 0.0603. The van der Waals surface area contributed by atoms with Crippen molar-refractivity contribution in [2.24, 2.45) is 0 Å². The maximum Gasteiger partial charge on any atom is 0.340 e. The molecule has 28 heavy (non-hydrogen) atoms. The zero-order chi connectivity index (χ0) is 20.5. The number of fused-ring (bicyclic) bond motifs is 1. The van der Waals surface area contributed by atoms with Crippen molar-refractivity contribution in [1.29, 1.82) is 0 Å². The molecule has 0 aliphatic carbocycles. The number of hydrogen-bond donors (Lipinski definition) is 0. The fourth-order valence-electron chi connectivity index (χ4n) is 2.87. The molecule has 0 saturated heterocycles. The third-order valence-electron chi connectivity index (χ3n) is 4.18. The number of sulfonamides is 1. The first kappa shape index (κ1) is 19.6. The number of methoxy groups -OCH3 is 1. The van der Waals surface area contributed by atoms with Crippen LogP contribution in [0.15, 0.2) is 54.7 Å². The number of carbonyl (C=O) groups is 2. The highest BCUT2D eigenvalue weighted by Crippen LogP contribution is 2.23. The molecule has 0 saturated carbocycles. The van der Waals surface area contributed by atoms with Gasteiger partial charge in [0, 0.05) is 11.6 Å². The summed E-state index contributed by atoms with van der Waals surface area (Å²) in [4.78, 5) is 24.9. The van der Waals surface area contributed by atoms with Crippen LogP contribution in [0.5, 0.6) is 0 Å². The lowest BCUT2D eigenvalue weighted by Crippen LogP contribution is -2.36. The molecule has 0 aliphatic heterocycles. The molecule has 1 heterocycles. The van der Waals surface area contributed by atoms with Crippen LogP contribution >= 0.6 is 0 Å². The molecule has 0 amide bonds. The number of ether oxygens (including phenoxy) is 1. The first-order valence-corrected chi connectivity index (χ1v) is 10.0. The van der Waals surface area contributed by atoms with Gasteiger partial charge in [-0.2, -0.15) is 0 Å². The van der Waals surface area contributed by atoms with Gasteiger partial charge >= 0.3 is 5.97 Å². The van der Waals surface area contributed by atoms with E-state index in [4.69, 9.17) is 4.74 Å². The summed E-state index contributed by atoms with van der Waals surface area (Å²) in [7, 11) is -2.58. The van der Waals surface area contributed by atoms with Gasteiger partial charge in [-0.05, 0) is 30.3 Å². The quantitative estimate of drug-likeness (QED) is 0.611. The van der Waals surface area contributed by atoms with E-state index < -0.39 is 34.3 Å². The van der Waals surface area contributed by atoms with Gasteiger partial charge in [0.05, 0.1) is 30.1 Å². The van der Waals surface area contributed by atoms with E-state index in [1.54, 1.807) is 24.3 Å². The van der Waals surface area contributed by atoms with E-state index in [1.165, 1.54) is 30.0 Å². The first-order valence-electron chi connectivity index (χ1n) is 8.17. The molecule has 1 aromatic heterocycles. The molecule has 0 N–H and O–H groups in total. The van der Waals surface area contributed by atoms with E-state index in [9.17, 15) is 22.4 Å². The summed E-state index contributed by atoms with van der Waals surface area (Å²) in [5.41, 5.74) is 0.793. The summed E-state index contributed by atoms with van der Waals surface area (Å²) in [6.45, 7) is -0.524. The fraction of sp³-hybridized carbons (Fsp3) is 0.158. The van der Waals surface area contributed by atoms with Crippen molar-refractivity contribution >= 4 is 38.5 Å². The van der Waals surface area contributed by atoms with Gasteiger partial charge in [-0.15, -0.1) is 0 Å². The fourth-order valence-corrected chi connectivity index (χ4v) is 3.71. The highest BCUT2D eigenvalue weighted by atomic mass is 32.2. The van der Waals surface area contributed by atoms with Crippen LogP contribution in [-0.4, -0.2) is 44.8 Å². The standard InChI is InChI=1S/C19H17FN2O5S/c1-27-19(24)16-11-21(17-6-4-3-5-15(16)17)18(23)12-22(28(2,25)26)14-9-7-13(20)8-10-14/h3-11H,12H2,1-2H3. The van der Waals surface area contributed by atoms with Gasteiger partial charge in [0.15, 0.2) is 0 Å². The number of nitrogens with zero attached hydrogens (tertiary/aromatic N) is 2. The Balaban J connectivity index is 2.03. The molecule has 0 unspecified atom stereocenters. The van der Waals surface area contributed by atoms with Crippen LogP contribution in [-0.2, 0) is 14.8 Å². The van der Waals surface area contributed by atoms with Gasteiger partial charge in [-0.25, -0.2) is 17.6 Å². The summed E-state index contributed by atoms with van der Waals surface area (Å²) in [6, 6.07) is 11.5. The molecular formula is C19H17FN2O5S. The van der Waals surface area contributed by atoms with Gasteiger partial charge in [0.1, 0.15) is 12.4 Å². The minimum Gasteiger partial charge on any atom is -0.465 e. The van der Waals surface area contributed by atoms with Gasteiger partial charge in [-0.1, -0.05) is 18.2 Å². The predicted molar refractivity (Wildman–Crippen MR) is 102 cm³/mol. The molecule has 3 aromatic rings. The van der Waals surface area contributed by atoms with Crippen molar-refractivity contribution in [3.8, 4) is 0 Å². The van der Waals surface area contributed by atoms with E-state index in [0.717, 1.165) is 22.7 Å². The number of rotatable bonds is 5. The summed E-state index contributed by atoms with van der Waals surface area (Å²) >= 11 is 0. The second-order valence-corrected chi connectivity index (χ2v) is 7.97. The van der Waals surface area contributed by atoms with Crippen molar-refractivity contribution in [2.75, 3.05) is 24.2 Å². The Kier molecular flexibility index (Phi) is 5.19. The number of esters is 1. The number of aromatic nitrogens is 1. The molecule has 2 aromatic carbocycles. The highest BCUT2D eigenvalue weighted by Gasteiger charge is 2.24. The molecule has 0 spiro atoms. The monoisotopic (exact) mass is 404 g/mol. The topological polar surface area (TPSA) is 85.7 Å². The van der Waals surface area contributed by atoms with Crippen molar-refractivity contribution in [2.45, 2.75) is 0 Å². The van der Waals surface area contributed by atoms with Gasteiger partial charge < -0.3 is 4.74 Å². The Morgan fingerprint density at radius 2 is 1.75 bits per heavy atom. The largest absolute Gasteiger partial charge is 0.465 e. The lowest BCUT2D eigenvalue weighted by Gasteiger charge is -2.21. The molecule has 0 atom stereocenters. The molecule has 3 rings (SSSR count). The third kappa shape index (κ3) is 3.74. The zero-order valence-corrected chi connectivity index (χ0v) is 15.9. The molecular weight excluding hydrogens is 387 g/mol. The molecule has 0 bridgehead atoms. The van der Waals surface area contributed by atoms with E-state index in [0.29, 0.717) is 10.9 Å². The SMILES string of the molecule is COC(=O)c1cn(C(=O)CN(c2ccc(F)cc2)S(C)(=O)=O)c2ccccc12. The minimum atomic E-state index is -3.82. The lowest BCUT2D eigenvalue weighted by atomic mass is 10.2. The summed E-state index contributed by atoms with van der Waals surface area (Å²) in [5, 5.41) is 0.510. The molecule has 146 valence electrons. The number of anilines is 1. The highest BCUT2D eigenvalue weighted by molar-refractivity contribution is 7.92. The molecule has 7 nitrogen and oxygen atoms in total. The molecule has 9 heteroatoms. The van der Waals surface area contributed by atoms with Gasteiger partial charge in [0.2, 0.25) is 10.0 Å². The number of para-hydroxylation sites is 1. The van der Waals surface area contributed by atoms with Crippen molar-refractivity contribution in [1.82, 2.24) is 4.57 Å². The van der Waals surface area contributed by atoms with Crippen LogP contribution in [0.4, 0.5) is 10.1 Å². The third-order valence-corrected chi connectivity index (χ3v) is 5.32. The Morgan fingerprint density at radius 1 is 1.11 bits per heavy atom. The van der Waals surface area contributed by atoms with E-state index in [-0.39, 0.29) is 11.3 Å². The van der Waals surface area contributed by atoms with Gasteiger partial charge in [-0.3, -0.25) is 13.7 Å². The Morgan fingerprint density at radius 3 is 2.36 bits per heavy atom. The average molecular weight is 404 g/mol. The number of benzene rings is 2. The van der Waals surface area contributed by atoms with Crippen LogP contribution in [0.2, 0.25) is 0 Å². The van der Waals surface area contributed by atoms with Gasteiger partial charge in [0.25, 0.3) is 5.91 Å². The Labute approximate surface area is 161 Å². The number of carbonyl (C=O) groups excluding carboxylic acids is 2. The van der Waals surface area contributed by atoms with E-state index in [2.05, 4.69) is 0 Å².